The van der Waals surface area contributed by atoms with E-state index in [2.05, 4.69) is 78.1 Å². The molecule has 0 spiro atoms. The lowest BCUT2D eigenvalue weighted by Crippen LogP contribution is -2.21. The van der Waals surface area contributed by atoms with Crippen molar-refractivity contribution in [1.82, 2.24) is 15.3 Å². The van der Waals surface area contributed by atoms with Crippen molar-refractivity contribution in [2.45, 2.75) is 72.1 Å². The van der Waals surface area contributed by atoms with Crippen molar-refractivity contribution in [3.8, 4) is 0 Å². The fraction of sp³-hybridized carbons (Fsp3) is 0.448. The van der Waals surface area contributed by atoms with E-state index in [0.29, 0.717) is 0 Å². The van der Waals surface area contributed by atoms with Crippen LogP contribution in [0.3, 0.4) is 0 Å². The molecule has 1 aromatic heterocycles. The van der Waals surface area contributed by atoms with Crippen LogP contribution < -0.4 is 10.2 Å². The summed E-state index contributed by atoms with van der Waals surface area (Å²) < 4.78 is 0. The molecule has 176 valence electrons. The molecule has 0 radical (unpaired) electrons. The smallest absolute Gasteiger partial charge is 0.144 e. The zero-order valence-corrected chi connectivity index (χ0v) is 21.0. The summed E-state index contributed by atoms with van der Waals surface area (Å²) >= 11 is 0. The van der Waals surface area contributed by atoms with Crippen LogP contribution in [0.5, 0.6) is 0 Å². The summed E-state index contributed by atoms with van der Waals surface area (Å²) in [6.45, 7) is 11.5. The molecule has 4 heteroatoms. The number of hydrogen-bond donors (Lipinski definition) is 1. The maximum atomic E-state index is 4.93. The zero-order chi connectivity index (χ0) is 23.6. The standard InChI is InChI=1S/C29H40N4/c1-6-8-13-20-33(29-27-16-11-12-17-28(27)31-23(4)32-29)26-19-18-24(7-2)25(21-26)15-10-9-14-22(3)30-5/h11-12,16-19,21,30H,3,6-10,13-15,20H2,1-2,4-5H3. The average molecular weight is 445 g/mol. The monoisotopic (exact) mass is 444 g/mol. The van der Waals surface area contributed by atoms with Crippen molar-refractivity contribution in [3.05, 3.63) is 71.7 Å². The van der Waals surface area contributed by atoms with Gasteiger partial charge in [-0.2, -0.15) is 0 Å². The number of nitrogens with zero attached hydrogens (tertiary/aromatic N) is 3. The van der Waals surface area contributed by atoms with Crippen molar-refractivity contribution in [1.29, 1.82) is 0 Å². The summed E-state index contributed by atoms with van der Waals surface area (Å²) in [6, 6.07) is 15.4. The molecule has 0 fully saturated rings. The lowest BCUT2D eigenvalue weighted by atomic mass is 9.98. The van der Waals surface area contributed by atoms with Gasteiger partial charge in [-0.1, -0.05) is 51.5 Å². The molecule has 0 saturated carbocycles. The molecule has 0 bridgehead atoms. The predicted octanol–water partition coefficient (Wildman–Crippen LogP) is 7.27. The molecular formula is C29H40N4. The first-order chi connectivity index (χ1) is 16.1. The average Bonchev–Trinajstić information content (AvgIpc) is 2.83. The number of benzene rings is 2. The van der Waals surface area contributed by atoms with Gasteiger partial charge in [-0.3, -0.25) is 0 Å². The van der Waals surface area contributed by atoms with Gasteiger partial charge in [-0.15, -0.1) is 0 Å². The summed E-state index contributed by atoms with van der Waals surface area (Å²) in [5.41, 5.74) is 6.27. The number of hydrogen-bond acceptors (Lipinski definition) is 4. The molecule has 4 nitrogen and oxygen atoms in total. The Morgan fingerprint density at radius 2 is 1.79 bits per heavy atom. The number of aryl methyl sites for hydroxylation is 3. The van der Waals surface area contributed by atoms with Crippen molar-refractivity contribution in [2.75, 3.05) is 18.5 Å². The highest BCUT2D eigenvalue weighted by molar-refractivity contribution is 5.91. The molecule has 3 rings (SSSR count). The maximum absolute atomic E-state index is 4.93. The van der Waals surface area contributed by atoms with E-state index < -0.39 is 0 Å². The van der Waals surface area contributed by atoms with E-state index >= 15 is 0 Å². The van der Waals surface area contributed by atoms with Crippen LogP contribution in [0.25, 0.3) is 10.9 Å². The Labute approximate surface area is 200 Å². The van der Waals surface area contributed by atoms with Crippen molar-refractivity contribution in [3.63, 3.8) is 0 Å². The normalized spacial score (nSPS) is 11.0. The number of anilines is 2. The Kier molecular flexibility index (Phi) is 9.29. The van der Waals surface area contributed by atoms with Crippen LogP contribution in [0.2, 0.25) is 0 Å². The summed E-state index contributed by atoms with van der Waals surface area (Å²) in [4.78, 5) is 12.0. The Hall–Kier alpha value is -2.88. The van der Waals surface area contributed by atoms with E-state index in [0.717, 1.165) is 66.9 Å². The second-order valence-corrected chi connectivity index (χ2v) is 8.84. The van der Waals surface area contributed by atoms with Gasteiger partial charge < -0.3 is 10.2 Å². The third-order valence-electron chi connectivity index (χ3n) is 6.35. The lowest BCUT2D eigenvalue weighted by molar-refractivity contribution is 0.700. The fourth-order valence-corrected chi connectivity index (χ4v) is 4.39. The number of allylic oxidation sites excluding steroid dienone is 1. The molecule has 0 aliphatic carbocycles. The first kappa shape index (κ1) is 24.8. The molecule has 1 heterocycles. The van der Waals surface area contributed by atoms with Crippen molar-refractivity contribution < 1.29 is 0 Å². The molecule has 1 N–H and O–H groups in total. The van der Waals surface area contributed by atoms with Crippen LogP contribution in [0.4, 0.5) is 11.5 Å². The van der Waals surface area contributed by atoms with E-state index in [-0.39, 0.29) is 0 Å². The summed E-state index contributed by atoms with van der Waals surface area (Å²) in [5.74, 6) is 1.84. The van der Waals surface area contributed by atoms with Gasteiger partial charge in [0.15, 0.2) is 0 Å². The number of unbranched alkanes of at least 4 members (excludes halogenated alkanes) is 3. The SMILES string of the molecule is C=C(CCCCc1cc(N(CCCCC)c2nc(C)nc3ccccc23)ccc1CC)NC. The van der Waals surface area contributed by atoms with Crippen LogP contribution in [0.15, 0.2) is 54.7 Å². The lowest BCUT2D eigenvalue weighted by Gasteiger charge is -2.26. The molecule has 0 aliphatic rings. The maximum Gasteiger partial charge on any atom is 0.144 e. The van der Waals surface area contributed by atoms with E-state index in [1.54, 1.807) is 0 Å². The summed E-state index contributed by atoms with van der Waals surface area (Å²) in [5, 5.41) is 4.28. The largest absolute Gasteiger partial charge is 0.392 e. The minimum atomic E-state index is 0.819. The fourth-order valence-electron chi connectivity index (χ4n) is 4.39. The van der Waals surface area contributed by atoms with Gasteiger partial charge in [-0.25, -0.2) is 9.97 Å². The number of fused-ring (bicyclic) bond motifs is 1. The molecule has 3 aromatic rings. The van der Waals surface area contributed by atoms with Gasteiger partial charge >= 0.3 is 0 Å². The molecule has 0 saturated heterocycles. The number of aromatic nitrogens is 2. The van der Waals surface area contributed by atoms with Gasteiger partial charge in [0.05, 0.1) is 5.52 Å². The first-order valence-electron chi connectivity index (χ1n) is 12.6. The first-order valence-corrected chi connectivity index (χ1v) is 12.6. The van der Waals surface area contributed by atoms with E-state index in [1.807, 2.05) is 14.0 Å². The quantitative estimate of drug-likeness (QED) is 0.281. The second kappa shape index (κ2) is 12.4. The van der Waals surface area contributed by atoms with Gasteiger partial charge in [-0.05, 0) is 80.8 Å². The van der Waals surface area contributed by atoms with Crippen LogP contribution >= 0.6 is 0 Å². The zero-order valence-electron chi connectivity index (χ0n) is 21.0. The third kappa shape index (κ3) is 6.56. The molecule has 0 unspecified atom stereocenters. The van der Waals surface area contributed by atoms with Gasteiger partial charge in [0.2, 0.25) is 0 Å². The van der Waals surface area contributed by atoms with Gasteiger partial charge in [0.25, 0.3) is 0 Å². The predicted molar refractivity (Wildman–Crippen MR) is 142 cm³/mol. The highest BCUT2D eigenvalue weighted by Gasteiger charge is 2.17. The minimum absolute atomic E-state index is 0.819. The molecule has 33 heavy (non-hydrogen) atoms. The topological polar surface area (TPSA) is 41.1 Å². The molecule has 0 amide bonds. The third-order valence-corrected chi connectivity index (χ3v) is 6.35. The second-order valence-electron chi connectivity index (χ2n) is 8.84. The number of rotatable bonds is 13. The summed E-state index contributed by atoms with van der Waals surface area (Å²) in [7, 11) is 1.95. The Morgan fingerprint density at radius 1 is 0.970 bits per heavy atom. The number of nitrogens with one attached hydrogen (secondary N) is 1. The van der Waals surface area contributed by atoms with Crippen LogP contribution in [-0.2, 0) is 12.8 Å². The Bertz CT molecular complexity index is 1060. The van der Waals surface area contributed by atoms with E-state index in [4.69, 9.17) is 4.98 Å². The molecular weight excluding hydrogens is 404 g/mol. The van der Waals surface area contributed by atoms with Crippen LogP contribution in [-0.4, -0.2) is 23.6 Å². The molecule has 2 aromatic carbocycles. The van der Waals surface area contributed by atoms with Crippen molar-refractivity contribution >= 4 is 22.4 Å². The van der Waals surface area contributed by atoms with Crippen molar-refractivity contribution in [2.24, 2.45) is 0 Å². The molecule has 0 atom stereocenters. The van der Waals surface area contributed by atoms with Gasteiger partial charge in [0, 0.05) is 30.4 Å². The van der Waals surface area contributed by atoms with Crippen LogP contribution in [0, 0.1) is 6.92 Å². The van der Waals surface area contributed by atoms with E-state index in [9.17, 15) is 0 Å². The Morgan fingerprint density at radius 3 is 2.55 bits per heavy atom. The highest BCUT2D eigenvalue weighted by atomic mass is 15.2. The van der Waals surface area contributed by atoms with Gasteiger partial charge in [0.1, 0.15) is 11.6 Å². The van der Waals surface area contributed by atoms with E-state index in [1.165, 1.54) is 36.1 Å². The summed E-state index contributed by atoms with van der Waals surface area (Å²) in [6.07, 6.45) is 9.08. The molecule has 0 aliphatic heterocycles. The van der Waals surface area contributed by atoms with Crippen LogP contribution in [0.1, 0.15) is 69.3 Å². The highest BCUT2D eigenvalue weighted by Crippen LogP contribution is 2.32. The minimum Gasteiger partial charge on any atom is -0.392 e. The Balaban J connectivity index is 1.95. The number of para-hydroxylation sites is 1.